The molecular weight excluding hydrogens is 278 g/mol. The van der Waals surface area contributed by atoms with Crippen LogP contribution in [0.4, 0.5) is 0 Å². The van der Waals surface area contributed by atoms with Gasteiger partial charge < -0.3 is 9.64 Å². The molecule has 0 radical (unpaired) electrons. The molecule has 0 spiro atoms. The van der Waals surface area contributed by atoms with Crippen LogP contribution in [-0.2, 0) is 20.9 Å². The fraction of sp³-hybridized carbons (Fsp3) is 0.556. The van der Waals surface area contributed by atoms with Crippen molar-refractivity contribution in [1.29, 1.82) is 0 Å². The molecule has 0 N–H and O–H groups in total. The number of carbonyl (C=O) groups is 2. The van der Waals surface area contributed by atoms with Crippen LogP contribution in [0.25, 0.3) is 0 Å². The molecule has 0 aromatic heterocycles. The second-order valence-electron chi connectivity index (χ2n) is 5.79. The van der Waals surface area contributed by atoms with Crippen molar-refractivity contribution < 1.29 is 14.3 Å². The van der Waals surface area contributed by atoms with Crippen molar-refractivity contribution >= 4 is 11.9 Å². The van der Waals surface area contributed by atoms with E-state index in [2.05, 4.69) is 6.92 Å². The molecule has 1 aliphatic heterocycles. The highest BCUT2D eigenvalue weighted by Crippen LogP contribution is 2.20. The van der Waals surface area contributed by atoms with Crippen LogP contribution in [0, 0.1) is 0 Å². The highest BCUT2D eigenvalue weighted by molar-refractivity contribution is 5.81. The monoisotopic (exact) mass is 303 g/mol. The molecule has 4 nitrogen and oxygen atoms in total. The zero-order valence-corrected chi connectivity index (χ0v) is 13.3. The van der Waals surface area contributed by atoms with Gasteiger partial charge in [0, 0.05) is 19.0 Å². The normalized spacial score (nSPS) is 18.0. The van der Waals surface area contributed by atoms with Crippen molar-refractivity contribution in [2.45, 2.75) is 58.1 Å². The number of carbonyl (C=O) groups excluding carboxylic acids is 2. The van der Waals surface area contributed by atoms with E-state index in [-0.39, 0.29) is 31.3 Å². The van der Waals surface area contributed by atoms with Crippen LogP contribution in [0.3, 0.4) is 0 Å². The number of hydrogen-bond donors (Lipinski definition) is 0. The number of piperidine rings is 1. The van der Waals surface area contributed by atoms with E-state index in [0.717, 1.165) is 31.4 Å². The van der Waals surface area contributed by atoms with Crippen molar-refractivity contribution in [3.05, 3.63) is 35.9 Å². The SMILES string of the molecule is CCC1CCCCN1C(=O)CCC(=O)OCc1ccccc1. The van der Waals surface area contributed by atoms with E-state index in [1.807, 2.05) is 35.2 Å². The summed E-state index contributed by atoms with van der Waals surface area (Å²) in [6.45, 7) is 3.22. The van der Waals surface area contributed by atoms with E-state index in [4.69, 9.17) is 4.74 Å². The van der Waals surface area contributed by atoms with Gasteiger partial charge >= 0.3 is 5.97 Å². The quantitative estimate of drug-likeness (QED) is 0.758. The molecule has 1 saturated heterocycles. The zero-order valence-electron chi connectivity index (χ0n) is 13.3. The topological polar surface area (TPSA) is 46.6 Å². The number of amides is 1. The van der Waals surface area contributed by atoms with Crippen LogP contribution in [0.1, 0.15) is 51.0 Å². The maximum atomic E-state index is 12.3. The summed E-state index contributed by atoms with van der Waals surface area (Å²) in [5, 5.41) is 0. The Morgan fingerprint density at radius 1 is 1.18 bits per heavy atom. The van der Waals surface area contributed by atoms with Crippen molar-refractivity contribution in [3.8, 4) is 0 Å². The predicted molar refractivity (Wildman–Crippen MR) is 85.1 cm³/mol. The first-order chi connectivity index (χ1) is 10.7. The minimum Gasteiger partial charge on any atom is -0.461 e. The summed E-state index contributed by atoms with van der Waals surface area (Å²) in [6.07, 6.45) is 4.76. The third kappa shape index (κ3) is 4.86. The van der Waals surface area contributed by atoms with E-state index in [1.54, 1.807) is 0 Å². The molecule has 1 aliphatic rings. The number of rotatable bonds is 6. The molecule has 1 atom stereocenters. The molecule has 1 unspecified atom stereocenters. The van der Waals surface area contributed by atoms with Gasteiger partial charge in [-0.3, -0.25) is 9.59 Å². The van der Waals surface area contributed by atoms with Crippen LogP contribution >= 0.6 is 0 Å². The first-order valence-corrected chi connectivity index (χ1v) is 8.19. The number of ether oxygens (including phenoxy) is 1. The smallest absolute Gasteiger partial charge is 0.306 e. The highest BCUT2D eigenvalue weighted by atomic mass is 16.5. The van der Waals surface area contributed by atoms with Crippen LogP contribution in [0.2, 0.25) is 0 Å². The number of esters is 1. The minimum absolute atomic E-state index is 0.0863. The van der Waals surface area contributed by atoms with Gasteiger partial charge in [-0.25, -0.2) is 0 Å². The molecule has 1 aromatic carbocycles. The molecule has 1 heterocycles. The fourth-order valence-corrected chi connectivity index (χ4v) is 2.92. The van der Waals surface area contributed by atoms with Gasteiger partial charge in [-0.2, -0.15) is 0 Å². The molecular formula is C18H25NO3. The maximum Gasteiger partial charge on any atom is 0.306 e. The van der Waals surface area contributed by atoms with Gasteiger partial charge in [0.2, 0.25) is 5.91 Å². The van der Waals surface area contributed by atoms with E-state index >= 15 is 0 Å². The summed E-state index contributed by atoms with van der Waals surface area (Å²) in [6, 6.07) is 9.92. The lowest BCUT2D eigenvalue weighted by molar-refractivity contribution is -0.148. The van der Waals surface area contributed by atoms with Crippen molar-refractivity contribution in [3.63, 3.8) is 0 Å². The fourth-order valence-electron chi connectivity index (χ4n) is 2.92. The van der Waals surface area contributed by atoms with Crippen LogP contribution < -0.4 is 0 Å². The lowest BCUT2D eigenvalue weighted by atomic mass is 9.99. The van der Waals surface area contributed by atoms with E-state index < -0.39 is 0 Å². The van der Waals surface area contributed by atoms with Gasteiger partial charge in [-0.05, 0) is 31.2 Å². The largest absolute Gasteiger partial charge is 0.461 e. The Balaban J connectivity index is 1.72. The van der Waals surface area contributed by atoms with Gasteiger partial charge in [0.25, 0.3) is 0 Å². The average Bonchev–Trinajstić information content (AvgIpc) is 2.58. The molecule has 1 amide bonds. The Labute approximate surface area is 132 Å². The van der Waals surface area contributed by atoms with Gasteiger partial charge in [-0.15, -0.1) is 0 Å². The lowest BCUT2D eigenvalue weighted by Crippen LogP contribution is -2.43. The molecule has 120 valence electrons. The number of likely N-dealkylation sites (tertiary alicyclic amines) is 1. The van der Waals surface area contributed by atoms with Crippen molar-refractivity contribution in [2.75, 3.05) is 6.54 Å². The number of nitrogens with zero attached hydrogens (tertiary/aromatic N) is 1. The van der Waals surface area contributed by atoms with Crippen molar-refractivity contribution in [1.82, 2.24) is 4.90 Å². The summed E-state index contributed by atoms with van der Waals surface area (Å²) in [7, 11) is 0. The standard InChI is InChI=1S/C18H25NO3/c1-2-16-10-6-7-13-19(16)17(20)11-12-18(21)22-14-15-8-4-3-5-9-15/h3-5,8-9,16H,2,6-7,10-14H2,1H3. The highest BCUT2D eigenvalue weighted by Gasteiger charge is 2.25. The van der Waals surface area contributed by atoms with Crippen LogP contribution in [0.5, 0.6) is 0 Å². The van der Waals surface area contributed by atoms with E-state index in [1.165, 1.54) is 6.42 Å². The minimum atomic E-state index is -0.303. The predicted octanol–water partition coefficient (Wildman–Crippen LogP) is 3.30. The first kappa shape index (κ1) is 16.5. The molecule has 4 heteroatoms. The average molecular weight is 303 g/mol. The second-order valence-corrected chi connectivity index (χ2v) is 5.79. The lowest BCUT2D eigenvalue weighted by Gasteiger charge is -2.35. The Kier molecular flexibility index (Phi) is 6.44. The van der Waals surface area contributed by atoms with Crippen molar-refractivity contribution in [2.24, 2.45) is 0 Å². The molecule has 0 aliphatic carbocycles. The Morgan fingerprint density at radius 3 is 2.68 bits per heavy atom. The number of benzene rings is 1. The Bertz CT molecular complexity index is 486. The van der Waals surface area contributed by atoms with Gasteiger partial charge in [-0.1, -0.05) is 37.3 Å². The molecule has 1 aromatic rings. The Hall–Kier alpha value is -1.84. The zero-order chi connectivity index (χ0) is 15.8. The summed E-state index contributed by atoms with van der Waals surface area (Å²) in [4.78, 5) is 26.0. The van der Waals surface area contributed by atoms with E-state index in [0.29, 0.717) is 6.04 Å². The molecule has 0 bridgehead atoms. The summed E-state index contributed by atoms with van der Waals surface area (Å²) >= 11 is 0. The molecule has 1 fully saturated rings. The van der Waals surface area contributed by atoms with Gasteiger partial charge in [0.15, 0.2) is 0 Å². The van der Waals surface area contributed by atoms with Crippen LogP contribution in [-0.4, -0.2) is 29.4 Å². The number of hydrogen-bond acceptors (Lipinski definition) is 3. The third-order valence-electron chi connectivity index (χ3n) is 4.20. The summed E-state index contributed by atoms with van der Waals surface area (Å²) < 4.78 is 5.21. The van der Waals surface area contributed by atoms with Gasteiger partial charge in [0.1, 0.15) is 6.61 Å². The molecule has 2 rings (SSSR count). The third-order valence-corrected chi connectivity index (χ3v) is 4.20. The summed E-state index contributed by atoms with van der Waals surface area (Å²) in [5.41, 5.74) is 0.962. The van der Waals surface area contributed by atoms with Crippen LogP contribution in [0.15, 0.2) is 30.3 Å². The maximum absolute atomic E-state index is 12.3. The van der Waals surface area contributed by atoms with Gasteiger partial charge in [0.05, 0.1) is 6.42 Å². The van der Waals surface area contributed by atoms with E-state index in [9.17, 15) is 9.59 Å². The first-order valence-electron chi connectivity index (χ1n) is 8.19. The summed E-state index contributed by atoms with van der Waals surface area (Å²) in [5.74, 6) is -0.217. The molecule has 22 heavy (non-hydrogen) atoms. The second kappa shape index (κ2) is 8.57. The Morgan fingerprint density at radius 2 is 1.95 bits per heavy atom. The molecule has 0 saturated carbocycles.